The van der Waals surface area contributed by atoms with Crippen LogP contribution < -0.4 is 14.8 Å². The van der Waals surface area contributed by atoms with Gasteiger partial charge in [0, 0.05) is 11.4 Å². The Morgan fingerprint density at radius 2 is 1.96 bits per heavy atom. The molecule has 120 valence electrons. The molecule has 2 aromatic rings. The van der Waals surface area contributed by atoms with E-state index >= 15 is 0 Å². The fraction of sp³-hybridized carbons (Fsp3) is 0.278. The summed E-state index contributed by atoms with van der Waals surface area (Å²) in [5.41, 5.74) is 4.22. The molecule has 0 aliphatic carbocycles. The molecule has 1 heterocycles. The highest BCUT2D eigenvalue weighted by atomic mass is 32.2. The van der Waals surface area contributed by atoms with Gasteiger partial charge in [0.25, 0.3) is 0 Å². The lowest BCUT2D eigenvalue weighted by Gasteiger charge is -2.09. The number of nitrogens with one attached hydrogen (secondary N) is 1. The van der Waals surface area contributed by atoms with E-state index < -0.39 is 0 Å². The Morgan fingerprint density at radius 1 is 1.13 bits per heavy atom. The number of hydrogen-bond donors (Lipinski definition) is 1. The highest BCUT2D eigenvalue weighted by Crippen LogP contribution is 2.33. The van der Waals surface area contributed by atoms with Crippen molar-refractivity contribution >= 4 is 23.4 Å². The quantitative estimate of drug-likeness (QED) is 0.903. The van der Waals surface area contributed by atoms with Crippen LogP contribution in [-0.4, -0.2) is 18.5 Å². The average molecular weight is 329 g/mol. The zero-order chi connectivity index (χ0) is 16.2. The van der Waals surface area contributed by atoms with Crippen LogP contribution in [0.25, 0.3) is 0 Å². The molecular formula is C18H19NO3S. The maximum atomic E-state index is 12.1. The van der Waals surface area contributed by atoms with Crippen molar-refractivity contribution in [1.82, 2.24) is 0 Å². The van der Waals surface area contributed by atoms with Gasteiger partial charge in [-0.3, -0.25) is 4.79 Å². The monoisotopic (exact) mass is 329 g/mol. The van der Waals surface area contributed by atoms with Crippen molar-refractivity contribution < 1.29 is 14.3 Å². The second kappa shape index (κ2) is 6.96. The van der Waals surface area contributed by atoms with Crippen molar-refractivity contribution in [2.45, 2.75) is 19.6 Å². The van der Waals surface area contributed by atoms with E-state index in [2.05, 4.69) is 5.32 Å². The summed E-state index contributed by atoms with van der Waals surface area (Å²) in [6.45, 7) is 4.29. The highest BCUT2D eigenvalue weighted by molar-refractivity contribution is 7.99. The van der Waals surface area contributed by atoms with Crippen LogP contribution in [0.2, 0.25) is 0 Å². The van der Waals surface area contributed by atoms with Crippen molar-refractivity contribution in [3.05, 3.63) is 53.1 Å². The zero-order valence-corrected chi connectivity index (χ0v) is 14.0. The molecule has 0 bridgehead atoms. The summed E-state index contributed by atoms with van der Waals surface area (Å²) >= 11 is 1.58. The molecule has 0 atom stereocenters. The lowest BCUT2D eigenvalue weighted by molar-refractivity contribution is -0.113. The molecule has 0 saturated carbocycles. The van der Waals surface area contributed by atoms with Crippen LogP contribution in [0.15, 0.2) is 36.4 Å². The first-order chi connectivity index (χ1) is 11.1. The summed E-state index contributed by atoms with van der Waals surface area (Å²) in [4.78, 5) is 12.1. The Morgan fingerprint density at radius 3 is 2.83 bits per heavy atom. The molecule has 1 aliphatic heterocycles. The minimum atomic E-state index is 0.0180. The summed E-state index contributed by atoms with van der Waals surface area (Å²) < 4.78 is 10.6. The van der Waals surface area contributed by atoms with Gasteiger partial charge in [0.2, 0.25) is 12.7 Å². The maximum Gasteiger partial charge on any atom is 0.234 e. The number of hydrogen-bond acceptors (Lipinski definition) is 4. The fourth-order valence-electron chi connectivity index (χ4n) is 2.35. The van der Waals surface area contributed by atoms with Crippen molar-refractivity contribution in [2.75, 3.05) is 17.9 Å². The predicted octanol–water partition coefficient (Wildman–Crippen LogP) is 3.90. The molecule has 1 aliphatic rings. The van der Waals surface area contributed by atoms with E-state index in [0.717, 1.165) is 39.6 Å². The number of amides is 1. The number of aryl methyl sites for hydroxylation is 2. The van der Waals surface area contributed by atoms with Gasteiger partial charge in [0.15, 0.2) is 11.5 Å². The topological polar surface area (TPSA) is 47.6 Å². The number of anilines is 1. The van der Waals surface area contributed by atoms with E-state index in [9.17, 15) is 4.79 Å². The Balaban J connectivity index is 1.50. The molecule has 0 spiro atoms. The Kier molecular flexibility index (Phi) is 4.76. The molecule has 0 radical (unpaired) electrons. The smallest absolute Gasteiger partial charge is 0.234 e. The second-order valence-corrected chi connectivity index (χ2v) is 6.53. The lowest BCUT2D eigenvalue weighted by Crippen LogP contribution is -2.15. The Labute approximate surface area is 140 Å². The first-order valence-electron chi connectivity index (χ1n) is 7.45. The number of fused-ring (bicyclic) bond motifs is 1. The normalized spacial score (nSPS) is 12.3. The number of rotatable bonds is 5. The van der Waals surface area contributed by atoms with Gasteiger partial charge in [-0.1, -0.05) is 18.2 Å². The fourth-order valence-corrected chi connectivity index (χ4v) is 3.12. The number of carbonyl (C=O) groups excluding carboxylic acids is 1. The third-order valence-corrected chi connectivity index (χ3v) is 4.61. The molecule has 0 fully saturated rings. The number of carbonyl (C=O) groups is 1. The third kappa shape index (κ3) is 3.99. The van der Waals surface area contributed by atoms with Crippen molar-refractivity contribution in [3.8, 4) is 11.5 Å². The summed E-state index contributed by atoms with van der Waals surface area (Å²) in [6.07, 6.45) is 0. The van der Waals surface area contributed by atoms with E-state index in [-0.39, 0.29) is 12.7 Å². The third-order valence-electron chi connectivity index (χ3n) is 3.61. The molecule has 0 aromatic heterocycles. The van der Waals surface area contributed by atoms with Gasteiger partial charge in [-0.25, -0.2) is 0 Å². The predicted molar refractivity (Wildman–Crippen MR) is 93.3 cm³/mol. The van der Waals surface area contributed by atoms with Crippen LogP contribution in [0.4, 0.5) is 5.69 Å². The lowest BCUT2D eigenvalue weighted by atomic mass is 10.1. The van der Waals surface area contributed by atoms with Gasteiger partial charge in [-0.05, 0) is 48.7 Å². The minimum Gasteiger partial charge on any atom is -0.454 e. The second-order valence-electron chi connectivity index (χ2n) is 5.55. The van der Waals surface area contributed by atoms with E-state index in [0.29, 0.717) is 5.75 Å². The largest absolute Gasteiger partial charge is 0.454 e. The molecule has 4 nitrogen and oxygen atoms in total. The number of benzene rings is 2. The van der Waals surface area contributed by atoms with Crippen LogP contribution in [0, 0.1) is 13.8 Å². The summed E-state index contributed by atoms with van der Waals surface area (Å²) in [6, 6.07) is 11.9. The molecular weight excluding hydrogens is 310 g/mol. The first-order valence-corrected chi connectivity index (χ1v) is 8.60. The maximum absolute atomic E-state index is 12.1. The van der Waals surface area contributed by atoms with Gasteiger partial charge in [0.05, 0.1) is 5.75 Å². The molecule has 23 heavy (non-hydrogen) atoms. The number of thioether (sulfide) groups is 1. The molecule has 0 unspecified atom stereocenters. The van der Waals surface area contributed by atoms with Crippen LogP contribution in [0.5, 0.6) is 11.5 Å². The van der Waals surface area contributed by atoms with Crippen molar-refractivity contribution in [2.24, 2.45) is 0 Å². The van der Waals surface area contributed by atoms with Gasteiger partial charge in [0.1, 0.15) is 0 Å². The molecule has 3 rings (SSSR count). The van der Waals surface area contributed by atoms with Gasteiger partial charge in [-0.2, -0.15) is 0 Å². The standard InChI is InChI=1S/C18H19NO3S/c1-12-3-4-13(2)15(7-12)19-18(20)10-23-9-14-5-6-16-17(8-14)22-11-21-16/h3-8H,9-11H2,1-2H3,(H,19,20). The van der Waals surface area contributed by atoms with Crippen molar-refractivity contribution in [3.63, 3.8) is 0 Å². The molecule has 2 aromatic carbocycles. The molecule has 1 N–H and O–H groups in total. The van der Waals surface area contributed by atoms with E-state index in [1.54, 1.807) is 11.8 Å². The SMILES string of the molecule is Cc1ccc(C)c(NC(=O)CSCc2ccc3c(c2)OCO3)c1. The first kappa shape index (κ1) is 15.7. The van der Waals surface area contributed by atoms with Crippen LogP contribution in [0.3, 0.4) is 0 Å². The minimum absolute atomic E-state index is 0.0180. The van der Waals surface area contributed by atoms with Crippen molar-refractivity contribution in [1.29, 1.82) is 0 Å². The van der Waals surface area contributed by atoms with E-state index in [4.69, 9.17) is 9.47 Å². The van der Waals surface area contributed by atoms with Gasteiger partial charge >= 0.3 is 0 Å². The Hall–Kier alpha value is -2.14. The summed E-state index contributed by atoms with van der Waals surface area (Å²) in [5, 5.41) is 2.97. The Bertz CT molecular complexity index is 730. The summed E-state index contributed by atoms with van der Waals surface area (Å²) in [7, 11) is 0. The van der Waals surface area contributed by atoms with Gasteiger partial charge < -0.3 is 14.8 Å². The van der Waals surface area contributed by atoms with Crippen LogP contribution in [0.1, 0.15) is 16.7 Å². The molecule has 5 heteroatoms. The van der Waals surface area contributed by atoms with Crippen LogP contribution >= 0.6 is 11.8 Å². The van der Waals surface area contributed by atoms with E-state index in [1.807, 2.05) is 50.2 Å². The molecule has 0 saturated heterocycles. The summed E-state index contributed by atoms with van der Waals surface area (Å²) in [5.74, 6) is 2.76. The highest BCUT2D eigenvalue weighted by Gasteiger charge is 2.13. The zero-order valence-electron chi connectivity index (χ0n) is 13.2. The molecule has 1 amide bonds. The number of ether oxygens (including phenoxy) is 2. The average Bonchev–Trinajstić information content (AvgIpc) is 2.98. The van der Waals surface area contributed by atoms with Gasteiger partial charge in [-0.15, -0.1) is 11.8 Å². The van der Waals surface area contributed by atoms with E-state index in [1.165, 1.54) is 0 Å². The van der Waals surface area contributed by atoms with Crippen LogP contribution in [-0.2, 0) is 10.5 Å².